The summed E-state index contributed by atoms with van der Waals surface area (Å²) in [5.41, 5.74) is 2.58. The lowest BCUT2D eigenvalue weighted by atomic mass is 9.97. The standard InChI is InChI=1S/C24H32ClN3O3S/c1-3-27(4-2)17-19-9-11-22(12-10-19)26-24(29)20-13-15-28(16-14-20)32(30,31)18-21-7-5-6-8-23(21)25/h5-12,20H,3-4,13-18H2,1-2H3,(H,26,29). The minimum atomic E-state index is -3.47. The molecule has 0 saturated carbocycles. The average molecular weight is 478 g/mol. The number of halogens is 1. The van der Waals surface area contributed by atoms with E-state index in [0.717, 1.165) is 25.3 Å². The van der Waals surface area contributed by atoms with Gasteiger partial charge in [-0.15, -0.1) is 0 Å². The van der Waals surface area contributed by atoms with Crippen molar-refractivity contribution in [1.29, 1.82) is 0 Å². The molecule has 2 aromatic rings. The SMILES string of the molecule is CCN(CC)Cc1ccc(NC(=O)C2CCN(S(=O)(=O)Cc3ccccc3Cl)CC2)cc1. The number of hydrogen-bond acceptors (Lipinski definition) is 4. The van der Waals surface area contributed by atoms with Crippen molar-refractivity contribution in [2.45, 2.75) is 39.0 Å². The molecule has 0 spiro atoms. The number of nitrogens with zero attached hydrogens (tertiary/aromatic N) is 2. The van der Waals surface area contributed by atoms with E-state index in [9.17, 15) is 13.2 Å². The second-order valence-corrected chi connectivity index (χ2v) is 10.5. The maximum absolute atomic E-state index is 12.8. The Morgan fingerprint density at radius 1 is 1.06 bits per heavy atom. The second kappa shape index (κ2) is 11.3. The van der Waals surface area contributed by atoms with E-state index in [4.69, 9.17) is 11.6 Å². The Balaban J connectivity index is 1.51. The van der Waals surface area contributed by atoms with E-state index in [1.807, 2.05) is 24.3 Å². The molecule has 1 amide bonds. The first-order valence-electron chi connectivity index (χ1n) is 11.2. The topological polar surface area (TPSA) is 69.7 Å². The molecule has 2 aromatic carbocycles. The average Bonchev–Trinajstić information content (AvgIpc) is 2.80. The van der Waals surface area contributed by atoms with Crippen molar-refractivity contribution in [1.82, 2.24) is 9.21 Å². The van der Waals surface area contributed by atoms with Gasteiger partial charge in [0, 0.05) is 36.3 Å². The summed E-state index contributed by atoms with van der Waals surface area (Å²) in [7, 11) is -3.47. The fourth-order valence-electron chi connectivity index (χ4n) is 3.94. The molecule has 8 heteroatoms. The van der Waals surface area contributed by atoms with Crippen LogP contribution in [0, 0.1) is 5.92 Å². The zero-order valence-electron chi connectivity index (χ0n) is 18.8. The molecule has 1 aliphatic heterocycles. The van der Waals surface area contributed by atoms with Gasteiger partial charge in [-0.1, -0.05) is 55.8 Å². The number of piperidine rings is 1. The van der Waals surface area contributed by atoms with Gasteiger partial charge in [-0.05, 0) is 55.3 Å². The first-order valence-corrected chi connectivity index (χ1v) is 13.1. The molecule has 1 aliphatic rings. The highest BCUT2D eigenvalue weighted by molar-refractivity contribution is 7.88. The minimum absolute atomic E-state index is 0.0513. The molecule has 0 bridgehead atoms. The molecule has 1 N–H and O–H groups in total. The highest BCUT2D eigenvalue weighted by Gasteiger charge is 2.31. The summed E-state index contributed by atoms with van der Waals surface area (Å²) in [6.07, 6.45) is 1.02. The summed E-state index contributed by atoms with van der Waals surface area (Å²) in [5.74, 6) is -0.370. The maximum atomic E-state index is 12.8. The van der Waals surface area contributed by atoms with Crippen molar-refractivity contribution in [3.05, 3.63) is 64.7 Å². The number of nitrogens with one attached hydrogen (secondary N) is 1. The minimum Gasteiger partial charge on any atom is -0.326 e. The van der Waals surface area contributed by atoms with Crippen molar-refractivity contribution in [2.75, 3.05) is 31.5 Å². The van der Waals surface area contributed by atoms with Gasteiger partial charge in [0.05, 0.1) is 5.75 Å². The lowest BCUT2D eigenvalue weighted by Crippen LogP contribution is -2.41. The summed E-state index contributed by atoms with van der Waals surface area (Å²) in [4.78, 5) is 15.0. The Labute approximate surface area is 196 Å². The Morgan fingerprint density at radius 3 is 2.28 bits per heavy atom. The molecule has 1 fully saturated rings. The highest BCUT2D eigenvalue weighted by atomic mass is 35.5. The van der Waals surface area contributed by atoms with Gasteiger partial charge in [0.15, 0.2) is 0 Å². The van der Waals surface area contributed by atoms with Crippen LogP contribution in [0.4, 0.5) is 5.69 Å². The Bertz CT molecular complexity index is 999. The molecule has 0 unspecified atom stereocenters. The van der Waals surface area contributed by atoms with E-state index in [1.54, 1.807) is 24.3 Å². The van der Waals surface area contributed by atoms with Crippen LogP contribution in [0.2, 0.25) is 5.02 Å². The third-order valence-electron chi connectivity index (χ3n) is 6.04. The summed E-state index contributed by atoms with van der Waals surface area (Å²) in [6, 6.07) is 14.9. The lowest BCUT2D eigenvalue weighted by molar-refractivity contribution is -0.120. The third-order valence-corrected chi connectivity index (χ3v) is 8.23. The fraction of sp³-hybridized carbons (Fsp3) is 0.458. The highest BCUT2D eigenvalue weighted by Crippen LogP contribution is 2.25. The third kappa shape index (κ3) is 6.54. The van der Waals surface area contributed by atoms with Crippen LogP contribution in [0.5, 0.6) is 0 Å². The van der Waals surface area contributed by atoms with Gasteiger partial charge in [-0.25, -0.2) is 12.7 Å². The van der Waals surface area contributed by atoms with Gasteiger partial charge in [-0.2, -0.15) is 0 Å². The zero-order chi connectivity index (χ0) is 23.1. The molecular weight excluding hydrogens is 446 g/mol. The van der Waals surface area contributed by atoms with E-state index in [1.165, 1.54) is 9.87 Å². The molecule has 3 rings (SSSR count). The van der Waals surface area contributed by atoms with E-state index in [-0.39, 0.29) is 17.6 Å². The van der Waals surface area contributed by atoms with Crippen LogP contribution in [-0.4, -0.2) is 49.7 Å². The monoisotopic (exact) mass is 477 g/mol. The molecule has 6 nitrogen and oxygen atoms in total. The van der Waals surface area contributed by atoms with Gasteiger partial charge >= 0.3 is 0 Å². The van der Waals surface area contributed by atoms with Gasteiger partial charge in [0.25, 0.3) is 0 Å². The molecular formula is C24H32ClN3O3S. The fourth-order valence-corrected chi connectivity index (χ4v) is 5.82. The van der Waals surface area contributed by atoms with Crippen molar-refractivity contribution in [2.24, 2.45) is 5.92 Å². The molecule has 1 heterocycles. The predicted molar refractivity (Wildman–Crippen MR) is 130 cm³/mol. The van der Waals surface area contributed by atoms with Gasteiger partial charge < -0.3 is 5.32 Å². The van der Waals surface area contributed by atoms with Crippen LogP contribution in [0.3, 0.4) is 0 Å². The summed E-state index contributed by atoms with van der Waals surface area (Å²) in [6.45, 7) is 7.87. The van der Waals surface area contributed by atoms with E-state index >= 15 is 0 Å². The normalized spacial score (nSPS) is 15.8. The maximum Gasteiger partial charge on any atom is 0.227 e. The van der Waals surface area contributed by atoms with Gasteiger partial charge in [-0.3, -0.25) is 9.69 Å². The number of sulfonamides is 1. The number of hydrogen-bond donors (Lipinski definition) is 1. The lowest BCUT2D eigenvalue weighted by Gasteiger charge is -2.30. The smallest absolute Gasteiger partial charge is 0.227 e. The zero-order valence-corrected chi connectivity index (χ0v) is 20.3. The van der Waals surface area contributed by atoms with Crippen molar-refractivity contribution >= 4 is 33.2 Å². The van der Waals surface area contributed by atoms with Crippen LogP contribution in [0.15, 0.2) is 48.5 Å². The Kier molecular flexibility index (Phi) is 8.71. The molecule has 32 heavy (non-hydrogen) atoms. The van der Waals surface area contributed by atoms with Crippen LogP contribution in [0.1, 0.15) is 37.8 Å². The number of carbonyl (C=O) groups is 1. The number of amides is 1. The molecule has 174 valence electrons. The van der Waals surface area contributed by atoms with E-state index in [2.05, 4.69) is 24.1 Å². The van der Waals surface area contributed by atoms with E-state index in [0.29, 0.717) is 36.5 Å². The van der Waals surface area contributed by atoms with Crippen molar-refractivity contribution < 1.29 is 13.2 Å². The van der Waals surface area contributed by atoms with Gasteiger partial charge in [0.1, 0.15) is 0 Å². The molecule has 0 aromatic heterocycles. The largest absolute Gasteiger partial charge is 0.326 e. The molecule has 1 saturated heterocycles. The number of carbonyl (C=O) groups excluding carboxylic acids is 1. The quantitative estimate of drug-likeness (QED) is 0.582. The number of rotatable bonds is 9. The summed E-state index contributed by atoms with van der Waals surface area (Å²) >= 11 is 6.12. The Hall–Kier alpha value is -1.93. The number of anilines is 1. The molecule has 0 aliphatic carbocycles. The van der Waals surface area contributed by atoms with Gasteiger partial charge in [0.2, 0.25) is 15.9 Å². The van der Waals surface area contributed by atoms with Crippen LogP contribution >= 0.6 is 11.6 Å². The first-order chi connectivity index (χ1) is 15.3. The van der Waals surface area contributed by atoms with Crippen LogP contribution in [0.25, 0.3) is 0 Å². The Morgan fingerprint density at radius 2 is 1.69 bits per heavy atom. The number of benzene rings is 2. The summed E-state index contributed by atoms with van der Waals surface area (Å²) in [5, 5.41) is 3.44. The predicted octanol–water partition coefficient (Wildman–Crippen LogP) is 4.36. The van der Waals surface area contributed by atoms with Crippen LogP contribution < -0.4 is 5.32 Å². The first kappa shape index (κ1) is 24.7. The van der Waals surface area contributed by atoms with Crippen LogP contribution in [-0.2, 0) is 27.1 Å². The van der Waals surface area contributed by atoms with E-state index < -0.39 is 10.0 Å². The molecule has 0 atom stereocenters. The summed E-state index contributed by atoms with van der Waals surface area (Å²) < 4.78 is 27.1. The second-order valence-electron chi connectivity index (χ2n) is 8.17. The van der Waals surface area contributed by atoms with Crippen molar-refractivity contribution in [3.63, 3.8) is 0 Å². The molecule has 0 radical (unpaired) electrons. The van der Waals surface area contributed by atoms with Crippen molar-refractivity contribution in [3.8, 4) is 0 Å².